The summed E-state index contributed by atoms with van der Waals surface area (Å²) in [6.45, 7) is 3.01. The summed E-state index contributed by atoms with van der Waals surface area (Å²) in [5, 5.41) is 0. The van der Waals surface area contributed by atoms with Crippen LogP contribution in [-0.4, -0.2) is 41.7 Å². The first-order chi connectivity index (χ1) is 12.0. The highest BCUT2D eigenvalue weighted by Crippen LogP contribution is 2.20. The molecule has 6 heteroatoms. The molecule has 0 radical (unpaired) electrons. The van der Waals surface area contributed by atoms with Gasteiger partial charge in [-0.15, -0.1) is 0 Å². The maximum atomic E-state index is 12.6. The van der Waals surface area contributed by atoms with Crippen LogP contribution in [0, 0.1) is 6.92 Å². The summed E-state index contributed by atoms with van der Waals surface area (Å²) in [4.78, 5) is 26.2. The number of carbonyl (C=O) groups is 1. The Morgan fingerprint density at radius 3 is 2.52 bits per heavy atom. The van der Waals surface area contributed by atoms with Crippen molar-refractivity contribution in [1.82, 2.24) is 9.47 Å². The summed E-state index contributed by atoms with van der Waals surface area (Å²) in [5.74, 6) is 1.26. The lowest BCUT2D eigenvalue weighted by Gasteiger charge is -2.18. The molecule has 1 unspecified atom stereocenters. The maximum Gasteiger partial charge on any atom is 0.254 e. The predicted octanol–water partition coefficient (Wildman–Crippen LogP) is 2.00. The Kier molecular flexibility index (Phi) is 4.79. The second-order valence-electron chi connectivity index (χ2n) is 6.24. The van der Waals surface area contributed by atoms with Gasteiger partial charge in [0.15, 0.2) is 0 Å². The van der Waals surface area contributed by atoms with E-state index >= 15 is 0 Å². The van der Waals surface area contributed by atoms with Gasteiger partial charge in [0, 0.05) is 37.3 Å². The number of hydrogen-bond acceptors (Lipinski definition) is 4. The minimum absolute atomic E-state index is 0.0195. The molecule has 25 heavy (non-hydrogen) atoms. The van der Waals surface area contributed by atoms with Gasteiger partial charge >= 0.3 is 0 Å². The van der Waals surface area contributed by atoms with Gasteiger partial charge in [0.1, 0.15) is 17.6 Å². The molecule has 1 atom stereocenters. The van der Waals surface area contributed by atoms with Crippen molar-refractivity contribution in [3.63, 3.8) is 0 Å². The number of benzene rings is 1. The minimum atomic E-state index is -0.103. The fourth-order valence-corrected chi connectivity index (χ4v) is 2.92. The number of ether oxygens (including phenoxy) is 2. The normalized spacial score (nSPS) is 16.8. The molecule has 1 saturated heterocycles. The molecule has 6 nitrogen and oxygen atoms in total. The van der Waals surface area contributed by atoms with Crippen LogP contribution in [0.5, 0.6) is 11.5 Å². The zero-order valence-electron chi connectivity index (χ0n) is 14.7. The van der Waals surface area contributed by atoms with Crippen molar-refractivity contribution < 1.29 is 14.3 Å². The number of methoxy groups -OCH3 is 1. The number of nitrogens with zero attached hydrogens (tertiary/aromatic N) is 2. The number of hydrogen-bond donors (Lipinski definition) is 0. The van der Waals surface area contributed by atoms with E-state index in [1.54, 1.807) is 47.9 Å². The lowest BCUT2D eigenvalue weighted by atomic mass is 10.2. The average molecular weight is 342 g/mol. The SMILES string of the molecule is COc1ccc(C(=O)N2CCC(Oc3cc(C)n(C)c(=O)c3)C2)cc1. The van der Waals surface area contributed by atoms with Crippen molar-refractivity contribution in [3.05, 3.63) is 58.0 Å². The van der Waals surface area contributed by atoms with Crippen LogP contribution in [0.2, 0.25) is 0 Å². The lowest BCUT2D eigenvalue weighted by molar-refractivity contribution is 0.0772. The van der Waals surface area contributed by atoms with Gasteiger partial charge in [-0.05, 0) is 37.3 Å². The Labute approximate surface area is 146 Å². The van der Waals surface area contributed by atoms with E-state index in [1.165, 1.54) is 6.07 Å². The summed E-state index contributed by atoms with van der Waals surface area (Å²) in [7, 11) is 3.32. The van der Waals surface area contributed by atoms with Crippen LogP contribution in [0.15, 0.2) is 41.2 Å². The summed E-state index contributed by atoms with van der Waals surface area (Å²) in [5.41, 5.74) is 1.37. The zero-order chi connectivity index (χ0) is 18.0. The molecule has 1 aromatic carbocycles. The lowest BCUT2D eigenvalue weighted by Crippen LogP contribution is -2.31. The Balaban J connectivity index is 1.65. The van der Waals surface area contributed by atoms with E-state index in [-0.39, 0.29) is 17.6 Å². The van der Waals surface area contributed by atoms with E-state index in [2.05, 4.69) is 0 Å². The van der Waals surface area contributed by atoms with Crippen molar-refractivity contribution in [2.75, 3.05) is 20.2 Å². The Morgan fingerprint density at radius 1 is 1.16 bits per heavy atom. The van der Waals surface area contributed by atoms with E-state index in [0.717, 1.165) is 17.9 Å². The number of amides is 1. The van der Waals surface area contributed by atoms with Gasteiger partial charge in [-0.2, -0.15) is 0 Å². The first-order valence-electron chi connectivity index (χ1n) is 8.25. The highest BCUT2D eigenvalue weighted by atomic mass is 16.5. The largest absolute Gasteiger partial charge is 0.497 e. The fourth-order valence-electron chi connectivity index (χ4n) is 2.92. The second kappa shape index (κ2) is 7.01. The van der Waals surface area contributed by atoms with Gasteiger partial charge in [0.05, 0.1) is 13.7 Å². The minimum Gasteiger partial charge on any atom is -0.497 e. The molecule has 1 aliphatic heterocycles. The fraction of sp³-hybridized carbons (Fsp3) is 0.368. The first-order valence-corrected chi connectivity index (χ1v) is 8.25. The quantitative estimate of drug-likeness (QED) is 0.853. The third-order valence-electron chi connectivity index (χ3n) is 4.55. The first kappa shape index (κ1) is 17.1. The van der Waals surface area contributed by atoms with Gasteiger partial charge in [0.2, 0.25) is 0 Å². The number of likely N-dealkylation sites (tertiary alicyclic amines) is 1. The molecule has 0 saturated carbocycles. The van der Waals surface area contributed by atoms with E-state index in [9.17, 15) is 9.59 Å². The third-order valence-corrected chi connectivity index (χ3v) is 4.55. The van der Waals surface area contributed by atoms with Crippen molar-refractivity contribution in [1.29, 1.82) is 0 Å². The van der Waals surface area contributed by atoms with Crippen LogP contribution in [-0.2, 0) is 7.05 Å². The van der Waals surface area contributed by atoms with Gasteiger partial charge < -0.3 is 18.9 Å². The molecule has 0 N–H and O–H groups in total. The van der Waals surface area contributed by atoms with E-state index < -0.39 is 0 Å². The zero-order valence-corrected chi connectivity index (χ0v) is 14.7. The van der Waals surface area contributed by atoms with E-state index in [0.29, 0.717) is 24.4 Å². The molecule has 1 amide bonds. The molecule has 3 rings (SSSR count). The molecular formula is C19H22N2O4. The van der Waals surface area contributed by atoms with Gasteiger partial charge in [-0.1, -0.05) is 0 Å². The Hall–Kier alpha value is -2.76. The topological polar surface area (TPSA) is 60.8 Å². The molecular weight excluding hydrogens is 320 g/mol. The summed E-state index contributed by atoms with van der Waals surface area (Å²) < 4.78 is 12.6. The standard InChI is InChI=1S/C19H22N2O4/c1-13-10-17(11-18(22)20(13)2)25-16-8-9-21(12-16)19(23)14-4-6-15(24-3)7-5-14/h4-7,10-11,16H,8-9,12H2,1-3H3. The summed E-state index contributed by atoms with van der Waals surface area (Å²) in [6, 6.07) is 10.4. The summed E-state index contributed by atoms with van der Waals surface area (Å²) >= 11 is 0. The van der Waals surface area contributed by atoms with Gasteiger partial charge in [-0.25, -0.2) is 0 Å². The van der Waals surface area contributed by atoms with Crippen LogP contribution >= 0.6 is 0 Å². The van der Waals surface area contributed by atoms with Gasteiger partial charge in [0.25, 0.3) is 11.5 Å². The monoisotopic (exact) mass is 342 g/mol. The van der Waals surface area contributed by atoms with Crippen LogP contribution in [0.25, 0.3) is 0 Å². The molecule has 2 heterocycles. The van der Waals surface area contributed by atoms with E-state index in [1.807, 2.05) is 13.0 Å². The van der Waals surface area contributed by atoms with Crippen molar-refractivity contribution in [2.45, 2.75) is 19.4 Å². The number of carbonyl (C=O) groups excluding carboxylic acids is 1. The molecule has 1 aliphatic rings. The third kappa shape index (κ3) is 3.68. The van der Waals surface area contributed by atoms with E-state index in [4.69, 9.17) is 9.47 Å². The molecule has 1 aromatic heterocycles. The average Bonchev–Trinajstić information content (AvgIpc) is 3.07. The number of rotatable bonds is 4. The van der Waals surface area contributed by atoms with Crippen LogP contribution in [0.1, 0.15) is 22.5 Å². The highest BCUT2D eigenvalue weighted by molar-refractivity contribution is 5.94. The van der Waals surface area contributed by atoms with Crippen molar-refractivity contribution in [3.8, 4) is 11.5 Å². The molecule has 0 aliphatic carbocycles. The molecule has 0 spiro atoms. The van der Waals surface area contributed by atoms with Crippen molar-refractivity contribution >= 4 is 5.91 Å². The van der Waals surface area contributed by atoms with Gasteiger partial charge in [-0.3, -0.25) is 9.59 Å². The maximum absolute atomic E-state index is 12.6. The smallest absolute Gasteiger partial charge is 0.254 e. The second-order valence-corrected chi connectivity index (χ2v) is 6.24. The Morgan fingerprint density at radius 2 is 1.88 bits per heavy atom. The number of aromatic nitrogens is 1. The van der Waals surface area contributed by atoms with Crippen LogP contribution in [0.4, 0.5) is 0 Å². The number of pyridine rings is 1. The molecule has 0 bridgehead atoms. The highest BCUT2D eigenvalue weighted by Gasteiger charge is 2.28. The summed E-state index contributed by atoms with van der Waals surface area (Å²) in [6.07, 6.45) is 0.643. The molecule has 132 valence electrons. The Bertz CT molecular complexity index is 826. The molecule has 1 fully saturated rings. The van der Waals surface area contributed by atoms with Crippen LogP contribution in [0.3, 0.4) is 0 Å². The molecule has 2 aromatic rings. The predicted molar refractivity (Wildman–Crippen MR) is 94.4 cm³/mol. The van der Waals surface area contributed by atoms with Crippen LogP contribution < -0.4 is 15.0 Å². The number of aryl methyl sites for hydroxylation is 1. The van der Waals surface area contributed by atoms with Crippen molar-refractivity contribution in [2.24, 2.45) is 7.05 Å².